The van der Waals surface area contributed by atoms with Gasteiger partial charge in [-0.1, -0.05) is 0 Å². The first-order chi connectivity index (χ1) is 7.65. The second kappa shape index (κ2) is 6.22. The van der Waals surface area contributed by atoms with Crippen LogP contribution in [-0.4, -0.2) is 30.4 Å². The van der Waals surface area contributed by atoms with Crippen LogP contribution in [0.2, 0.25) is 0 Å². The van der Waals surface area contributed by atoms with Gasteiger partial charge >= 0.3 is 0 Å². The van der Waals surface area contributed by atoms with Gasteiger partial charge in [0, 0.05) is 18.0 Å². The van der Waals surface area contributed by atoms with Crippen LogP contribution in [-0.2, 0) is 4.79 Å². The van der Waals surface area contributed by atoms with E-state index in [0.29, 0.717) is 31.6 Å². The van der Waals surface area contributed by atoms with Crippen molar-refractivity contribution in [2.24, 2.45) is 0 Å². The minimum Gasteiger partial charge on any atom is -0.359 e. The molecule has 6 heteroatoms. The minimum atomic E-state index is -0.145. The summed E-state index contributed by atoms with van der Waals surface area (Å²) in [5, 5.41) is 6.19. The number of aryl methyl sites for hydroxylation is 2. The zero-order valence-corrected chi connectivity index (χ0v) is 10.2. The van der Waals surface area contributed by atoms with E-state index in [1.54, 1.807) is 0 Å². The van der Waals surface area contributed by atoms with Gasteiger partial charge in [-0.15, -0.1) is 11.3 Å². The molecule has 0 spiro atoms. The van der Waals surface area contributed by atoms with Crippen LogP contribution in [0.25, 0.3) is 0 Å². The summed E-state index contributed by atoms with van der Waals surface area (Å²) in [6, 6.07) is 0. The minimum absolute atomic E-state index is 0.145. The standard InChI is InChI=1S/C10H15N3O2S/c1-7-9(13-8(2)16-7)10(15)12-5-3-4-11-6-14/h6H,3-5H2,1-2H3,(H,11,14)(H,12,15). The van der Waals surface area contributed by atoms with E-state index in [1.165, 1.54) is 11.3 Å². The monoisotopic (exact) mass is 241 g/mol. The van der Waals surface area contributed by atoms with Crippen LogP contribution in [0, 0.1) is 13.8 Å². The van der Waals surface area contributed by atoms with E-state index in [2.05, 4.69) is 15.6 Å². The predicted molar refractivity (Wildman–Crippen MR) is 62.6 cm³/mol. The molecule has 0 aliphatic heterocycles. The highest BCUT2D eigenvalue weighted by Crippen LogP contribution is 2.15. The Hall–Kier alpha value is -1.43. The molecule has 5 nitrogen and oxygen atoms in total. The van der Waals surface area contributed by atoms with Crippen molar-refractivity contribution in [1.82, 2.24) is 15.6 Å². The third-order valence-electron chi connectivity index (χ3n) is 1.99. The first-order valence-corrected chi connectivity index (χ1v) is 5.86. The number of aromatic nitrogens is 1. The Morgan fingerprint density at radius 1 is 1.44 bits per heavy atom. The molecule has 0 unspecified atom stereocenters. The highest BCUT2D eigenvalue weighted by atomic mass is 32.1. The number of carbonyl (C=O) groups is 2. The predicted octanol–water partition coefficient (Wildman–Crippen LogP) is 0.626. The number of carbonyl (C=O) groups excluding carboxylic acids is 2. The molecule has 0 saturated heterocycles. The van der Waals surface area contributed by atoms with E-state index >= 15 is 0 Å². The number of thiazole rings is 1. The molecule has 0 radical (unpaired) electrons. The van der Waals surface area contributed by atoms with Gasteiger partial charge in [0.1, 0.15) is 5.69 Å². The van der Waals surface area contributed by atoms with E-state index in [0.717, 1.165) is 9.88 Å². The van der Waals surface area contributed by atoms with Crippen LogP contribution in [0.1, 0.15) is 26.8 Å². The van der Waals surface area contributed by atoms with Crippen molar-refractivity contribution in [2.75, 3.05) is 13.1 Å². The maximum Gasteiger partial charge on any atom is 0.271 e. The number of hydrogen-bond donors (Lipinski definition) is 2. The van der Waals surface area contributed by atoms with Crippen LogP contribution < -0.4 is 10.6 Å². The SMILES string of the molecule is Cc1nc(C(=O)NCCCNC=O)c(C)s1. The molecule has 0 bridgehead atoms. The first kappa shape index (κ1) is 12.6. The Labute approximate surface area is 98.3 Å². The van der Waals surface area contributed by atoms with E-state index in [-0.39, 0.29) is 5.91 Å². The van der Waals surface area contributed by atoms with Gasteiger partial charge in [0.05, 0.1) is 5.01 Å². The second-order valence-electron chi connectivity index (χ2n) is 3.32. The van der Waals surface area contributed by atoms with Crippen molar-refractivity contribution in [3.05, 3.63) is 15.6 Å². The van der Waals surface area contributed by atoms with Gasteiger partial charge in [0.2, 0.25) is 6.41 Å². The summed E-state index contributed by atoms with van der Waals surface area (Å²) in [5.74, 6) is -0.145. The van der Waals surface area contributed by atoms with E-state index in [4.69, 9.17) is 0 Å². The van der Waals surface area contributed by atoms with Crippen molar-refractivity contribution in [3.8, 4) is 0 Å². The van der Waals surface area contributed by atoms with Gasteiger partial charge in [-0.05, 0) is 20.3 Å². The molecule has 0 aliphatic rings. The lowest BCUT2D eigenvalue weighted by Crippen LogP contribution is -2.27. The maximum absolute atomic E-state index is 11.7. The van der Waals surface area contributed by atoms with Crippen LogP contribution in [0.5, 0.6) is 0 Å². The van der Waals surface area contributed by atoms with Crippen LogP contribution in [0.15, 0.2) is 0 Å². The maximum atomic E-state index is 11.7. The molecule has 0 aliphatic carbocycles. The molecule has 0 fully saturated rings. The highest BCUT2D eigenvalue weighted by molar-refractivity contribution is 7.11. The quantitative estimate of drug-likeness (QED) is 0.566. The third kappa shape index (κ3) is 3.62. The lowest BCUT2D eigenvalue weighted by molar-refractivity contribution is -0.109. The fraction of sp³-hybridized carbons (Fsp3) is 0.500. The average Bonchev–Trinajstić information content (AvgIpc) is 2.57. The fourth-order valence-corrected chi connectivity index (χ4v) is 2.09. The van der Waals surface area contributed by atoms with Crippen LogP contribution >= 0.6 is 11.3 Å². The summed E-state index contributed by atoms with van der Waals surface area (Å²) in [5.41, 5.74) is 0.505. The van der Waals surface area contributed by atoms with Crippen LogP contribution in [0.4, 0.5) is 0 Å². The molecular formula is C10H15N3O2S. The molecule has 1 aromatic rings. The Balaban J connectivity index is 2.35. The van der Waals surface area contributed by atoms with Crippen LogP contribution in [0.3, 0.4) is 0 Å². The highest BCUT2D eigenvalue weighted by Gasteiger charge is 2.12. The molecule has 0 atom stereocenters. The molecule has 1 aromatic heterocycles. The number of hydrogen-bond acceptors (Lipinski definition) is 4. The Bertz CT molecular complexity index is 376. The van der Waals surface area contributed by atoms with Gasteiger partial charge in [0.25, 0.3) is 5.91 Å². The van der Waals surface area contributed by atoms with Gasteiger partial charge in [-0.3, -0.25) is 9.59 Å². The fourth-order valence-electron chi connectivity index (χ4n) is 1.27. The van der Waals surface area contributed by atoms with E-state index in [9.17, 15) is 9.59 Å². The van der Waals surface area contributed by atoms with E-state index in [1.807, 2.05) is 13.8 Å². The number of amides is 2. The molecule has 0 saturated carbocycles. The van der Waals surface area contributed by atoms with Crippen molar-refractivity contribution >= 4 is 23.7 Å². The summed E-state index contributed by atoms with van der Waals surface area (Å²) in [4.78, 5) is 26.7. The zero-order chi connectivity index (χ0) is 12.0. The summed E-state index contributed by atoms with van der Waals surface area (Å²) in [6.45, 7) is 4.87. The first-order valence-electron chi connectivity index (χ1n) is 5.04. The summed E-state index contributed by atoms with van der Waals surface area (Å²) in [6.07, 6.45) is 1.36. The smallest absolute Gasteiger partial charge is 0.271 e. The summed E-state index contributed by atoms with van der Waals surface area (Å²) < 4.78 is 0. The Morgan fingerprint density at radius 3 is 2.75 bits per heavy atom. The Morgan fingerprint density at radius 2 is 2.19 bits per heavy atom. The van der Waals surface area contributed by atoms with E-state index < -0.39 is 0 Å². The lowest BCUT2D eigenvalue weighted by Gasteiger charge is -2.03. The Kier molecular flexibility index (Phi) is 4.91. The van der Waals surface area contributed by atoms with Gasteiger partial charge < -0.3 is 10.6 Å². The third-order valence-corrected chi connectivity index (χ3v) is 2.87. The summed E-state index contributed by atoms with van der Waals surface area (Å²) in [7, 11) is 0. The topological polar surface area (TPSA) is 71.1 Å². The number of nitrogens with one attached hydrogen (secondary N) is 2. The number of rotatable bonds is 6. The molecule has 1 heterocycles. The van der Waals surface area contributed by atoms with Crippen molar-refractivity contribution in [3.63, 3.8) is 0 Å². The molecule has 2 N–H and O–H groups in total. The molecule has 1 rings (SSSR count). The molecule has 88 valence electrons. The second-order valence-corrected chi connectivity index (χ2v) is 4.73. The zero-order valence-electron chi connectivity index (χ0n) is 9.37. The average molecular weight is 241 g/mol. The van der Waals surface area contributed by atoms with Gasteiger partial charge in [0.15, 0.2) is 0 Å². The molecular weight excluding hydrogens is 226 g/mol. The van der Waals surface area contributed by atoms with Gasteiger partial charge in [-0.25, -0.2) is 4.98 Å². The van der Waals surface area contributed by atoms with Crippen molar-refractivity contribution in [2.45, 2.75) is 20.3 Å². The summed E-state index contributed by atoms with van der Waals surface area (Å²) >= 11 is 1.51. The molecule has 0 aromatic carbocycles. The normalized spacial score (nSPS) is 9.88. The van der Waals surface area contributed by atoms with Crippen molar-refractivity contribution < 1.29 is 9.59 Å². The molecule has 16 heavy (non-hydrogen) atoms. The van der Waals surface area contributed by atoms with Gasteiger partial charge in [-0.2, -0.15) is 0 Å². The largest absolute Gasteiger partial charge is 0.359 e. The molecule has 2 amide bonds. The lowest BCUT2D eigenvalue weighted by atomic mass is 10.3. The van der Waals surface area contributed by atoms with Crippen molar-refractivity contribution in [1.29, 1.82) is 0 Å². The number of nitrogens with zero attached hydrogens (tertiary/aromatic N) is 1.